The third-order valence-corrected chi connectivity index (χ3v) is 3.38. The number of nitrogens with zero attached hydrogens (tertiary/aromatic N) is 3. The fraction of sp³-hybridized carbons (Fsp3) is 0.0714. The van der Waals surface area contributed by atoms with Crippen LogP contribution in [0.4, 0.5) is 0 Å². The summed E-state index contributed by atoms with van der Waals surface area (Å²) in [4.78, 5) is 19.8. The van der Waals surface area contributed by atoms with E-state index in [0.29, 0.717) is 5.56 Å². The van der Waals surface area contributed by atoms with Crippen LogP contribution in [0.5, 0.6) is 0 Å². The number of halogens is 1. The summed E-state index contributed by atoms with van der Waals surface area (Å²) in [6, 6.07) is 9.36. The Hall–Kier alpha value is -2.01. The number of rotatable bonds is 2. The van der Waals surface area contributed by atoms with E-state index in [2.05, 4.69) is 25.9 Å². The Labute approximate surface area is 118 Å². The third-order valence-electron chi connectivity index (χ3n) is 2.94. The molecule has 19 heavy (non-hydrogen) atoms. The molecule has 1 aromatic carbocycles. The molecule has 0 aliphatic carbocycles. The van der Waals surface area contributed by atoms with Crippen LogP contribution < -0.4 is 0 Å². The molecule has 5 heteroatoms. The smallest absolute Gasteiger partial charge is 0.159 e. The van der Waals surface area contributed by atoms with Crippen LogP contribution in [-0.2, 0) is 0 Å². The van der Waals surface area contributed by atoms with Gasteiger partial charge in [-0.1, -0.05) is 0 Å². The minimum atomic E-state index is 0.0445. The van der Waals surface area contributed by atoms with Gasteiger partial charge in [0.05, 0.1) is 16.7 Å². The van der Waals surface area contributed by atoms with Gasteiger partial charge in [-0.25, -0.2) is 9.97 Å². The average Bonchev–Trinajstić information content (AvgIpc) is 2.81. The largest absolute Gasteiger partial charge is 0.299 e. The molecule has 3 rings (SSSR count). The SMILES string of the molecule is CC(=O)c1ccc2c(c1)ncn2-c1ccnc(Br)c1. The third kappa shape index (κ3) is 2.17. The molecule has 0 aliphatic heterocycles. The van der Waals surface area contributed by atoms with Crippen molar-refractivity contribution in [2.75, 3.05) is 0 Å². The van der Waals surface area contributed by atoms with Crippen molar-refractivity contribution in [3.05, 3.63) is 53.0 Å². The standard InChI is InChI=1S/C14H10BrN3O/c1-9(19)10-2-3-13-12(6-10)17-8-18(13)11-4-5-16-14(15)7-11/h2-8H,1H3. The van der Waals surface area contributed by atoms with Crippen LogP contribution in [0.3, 0.4) is 0 Å². The molecule has 0 fully saturated rings. The van der Waals surface area contributed by atoms with Gasteiger partial charge < -0.3 is 0 Å². The predicted molar refractivity (Wildman–Crippen MR) is 76.6 cm³/mol. The molecular formula is C14H10BrN3O. The normalized spacial score (nSPS) is 10.8. The molecule has 0 saturated heterocycles. The van der Waals surface area contributed by atoms with E-state index in [1.54, 1.807) is 19.4 Å². The lowest BCUT2D eigenvalue weighted by atomic mass is 10.1. The minimum Gasteiger partial charge on any atom is -0.299 e. The molecule has 0 saturated carbocycles. The van der Waals surface area contributed by atoms with Gasteiger partial charge in [-0.05, 0) is 53.2 Å². The number of imidazole rings is 1. The quantitative estimate of drug-likeness (QED) is 0.538. The van der Waals surface area contributed by atoms with Gasteiger partial charge in [0.1, 0.15) is 10.9 Å². The topological polar surface area (TPSA) is 47.8 Å². The van der Waals surface area contributed by atoms with Crippen molar-refractivity contribution in [3.63, 3.8) is 0 Å². The van der Waals surface area contributed by atoms with Gasteiger partial charge in [-0.3, -0.25) is 9.36 Å². The first kappa shape index (κ1) is 12.0. The van der Waals surface area contributed by atoms with Gasteiger partial charge in [-0.2, -0.15) is 0 Å². The fourth-order valence-corrected chi connectivity index (χ4v) is 2.33. The molecule has 94 valence electrons. The van der Waals surface area contributed by atoms with E-state index in [0.717, 1.165) is 21.3 Å². The van der Waals surface area contributed by atoms with Gasteiger partial charge in [0.25, 0.3) is 0 Å². The monoisotopic (exact) mass is 315 g/mol. The van der Waals surface area contributed by atoms with Crippen molar-refractivity contribution in [2.24, 2.45) is 0 Å². The number of hydrogen-bond acceptors (Lipinski definition) is 3. The lowest BCUT2D eigenvalue weighted by molar-refractivity contribution is 0.101. The van der Waals surface area contributed by atoms with Crippen LogP contribution in [0.1, 0.15) is 17.3 Å². The van der Waals surface area contributed by atoms with E-state index in [1.807, 2.05) is 34.9 Å². The minimum absolute atomic E-state index is 0.0445. The van der Waals surface area contributed by atoms with Gasteiger partial charge in [-0.15, -0.1) is 0 Å². The van der Waals surface area contributed by atoms with E-state index in [9.17, 15) is 4.79 Å². The Kier molecular flexibility index (Phi) is 2.91. The molecular weight excluding hydrogens is 306 g/mol. The first-order chi connectivity index (χ1) is 9.15. The van der Waals surface area contributed by atoms with E-state index >= 15 is 0 Å². The van der Waals surface area contributed by atoms with Crippen molar-refractivity contribution in [1.82, 2.24) is 14.5 Å². The van der Waals surface area contributed by atoms with Crippen LogP contribution in [0, 0.1) is 0 Å². The predicted octanol–water partition coefficient (Wildman–Crippen LogP) is 3.39. The summed E-state index contributed by atoms with van der Waals surface area (Å²) in [5.74, 6) is 0.0445. The van der Waals surface area contributed by atoms with E-state index in [-0.39, 0.29) is 5.78 Å². The van der Waals surface area contributed by atoms with Crippen LogP contribution in [0.2, 0.25) is 0 Å². The molecule has 2 aromatic heterocycles. The van der Waals surface area contributed by atoms with Gasteiger partial charge >= 0.3 is 0 Å². The van der Waals surface area contributed by atoms with Crippen molar-refractivity contribution >= 4 is 32.7 Å². The van der Waals surface area contributed by atoms with E-state index in [1.165, 1.54) is 0 Å². The highest BCUT2D eigenvalue weighted by Crippen LogP contribution is 2.21. The number of hydrogen-bond donors (Lipinski definition) is 0. The summed E-state index contributed by atoms with van der Waals surface area (Å²) in [6.45, 7) is 1.55. The molecule has 2 heterocycles. The number of Topliss-reactive ketones (excluding diaryl/α,β-unsaturated/α-hetero) is 1. The van der Waals surface area contributed by atoms with Crippen LogP contribution in [-0.4, -0.2) is 20.3 Å². The molecule has 0 unspecified atom stereocenters. The zero-order valence-electron chi connectivity index (χ0n) is 10.2. The first-order valence-electron chi connectivity index (χ1n) is 5.75. The highest BCUT2D eigenvalue weighted by Gasteiger charge is 2.07. The number of fused-ring (bicyclic) bond motifs is 1. The average molecular weight is 316 g/mol. The molecule has 3 aromatic rings. The Bertz CT molecular complexity index is 779. The van der Waals surface area contributed by atoms with E-state index < -0.39 is 0 Å². The van der Waals surface area contributed by atoms with Crippen LogP contribution >= 0.6 is 15.9 Å². The summed E-state index contributed by atoms with van der Waals surface area (Å²) in [5, 5.41) is 0. The second-order valence-corrected chi connectivity index (χ2v) is 5.02. The van der Waals surface area contributed by atoms with Crippen LogP contribution in [0.25, 0.3) is 16.7 Å². The zero-order valence-corrected chi connectivity index (χ0v) is 11.8. The second-order valence-electron chi connectivity index (χ2n) is 4.21. The first-order valence-corrected chi connectivity index (χ1v) is 6.54. The van der Waals surface area contributed by atoms with E-state index in [4.69, 9.17) is 0 Å². The maximum atomic E-state index is 11.4. The Morgan fingerprint density at radius 2 is 2.05 bits per heavy atom. The molecule has 0 spiro atoms. The Morgan fingerprint density at radius 3 is 2.79 bits per heavy atom. The van der Waals surface area contributed by atoms with Crippen molar-refractivity contribution in [1.29, 1.82) is 0 Å². The van der Waals surface area contributed by atoms with Gasteiger partial charge in [0.15, 0.2) is 5.78 Å². The number of benzene rings is 1. The Balaban J connectivity index is 2.18. The number of carbonyl (C=O) groups is 1. The van der Waals surface area contributed by atoms with Crippen LogP contribution in [0.15, 0.2) is 47.5 Å². The maximum absolute atomic E-state index is 11.4. The summed E-state index contributed by atoms with van der Waals surface area (Å²) in [6.07, 6.45) is 3.48. The second kappa shape index (κ2) is 4.59. The Morgan fingerprint density at radius 1 is 1.21 bits per heavy atom. The lowest BCUT2D eigenvalue weighted by Gasteiger charge is -2.04. The highest BCUT2D eigenvalue weighted by atomic mass is 79.9. The van der Waals surface area contributed by atoms with Crippen molar-refractivity contribution in [2.45, 2.75) is 6.92 Å². The zero-order chi connectivity index (χ0) is 13.4. The number of carbonyl (C=O) groups excluding carboxylic acids is 1. The molecule has 0 aliphatic rings. The molecule has 0 N–H and O–H groups in total. The summed E-state index contributed by atoms with van der Waals surface area (Å²) >= 11 is 3.35. The fourth-order valence-electron chi connectivity index (χ4n) is 1.98. The van der Waals surface area contributed by atoms with Crippen molar-refractivity contribution < 1.29 is 4.79 Å². The highest BCUT2D eigenvalue weighted by molar-refractivity contribution is 9.10. The lowest BCUT2D eigenvalue weighted by Crippen LogP contribution is -1.94. The maximum Gasteiger partial charge on any atom is 0.159 e. The van der Waals surface area contributed by atoms with Gasteiger partial charge in [0.2, 0.25) is 0 Å². The summed E-state index contributed by atoms with van der Waals surface area (Å²) < 4.78 is 2.73. The number of pyridine rings is 1. The molecule has 0 bridgehead atoms. The molecule has 4 nitrogen and oxygen atoms in total. The summed E-state index contributed by atoms with van der Waals surface area (Å²) in [7, 11) is 0. The molecule has 0 amide bonds. The summed E-state index contributed by atoms with van der Waals surface area (Å²) in [5.41, 5.74) is 3.41. The number of aromatic nitrogens is 3. The van der Waals surface area contributed by atoms with Gasteiger partial charge in [0, 0.05) is 11.8 Å². The molecule has 0 atom stereocenters. The molecule has 0 radical (unpaired) electrons. The van der Waals surface area contributed by atoms with Crippen molar-refractivity contribution in [3.8, 4) is 5.69 Å². The number of ketones is 1.